The molecule has 0 aliphatic carbocycles. The third-order valence-corrected chi connectivity index (χ3v) is 4.71. The van der Waals surface area contributed by atoms with E-state index < -0.39 is 0 Å². The van der Waals surface area contributed by atoms with Crippen LogP contribution in [0.5, 0.6) is 5.75 Å². The van der Waals surface area contributed by atoms with Gasteiger partial charge < -0.3 is 10.1 Å². The van der Waals surface area contributed by atoms with Crippen molar-refractivity contribution in [2.75, 3.05) is 18.5 Å². The van der Waals surface area contributed by atoms with Gasteiger partial charge in [-0.1, -0.05) is 66.2 Å². The van der Waals surface area contributed by atoms with Gasteiger partial charge >= 0.3 is 0 Å². The zero-order valence-corrected chi connectivity index (χ0v) is 15.8. The lowest BCUT2D eigenvalue weighted by molar-refractivity contribution is 0.337. The summed E-state index contributed by atoms with van der Waals surface area (Å²) in [5.41, 5.74) is 0.786. The van der Waals surface area contributed by atoms with E-state index in [1.54, 1.807) is 18.3 Å². The van der Waals surface area contributed by atoms with E-state index in [0.29, 0.717) is 24.5 Å². The molecule has 1 aromatic heterocycles. The Morgan fingerprint density at radius 1 is 0.964 bits per heavy atom. The van der Waals surface area contributed by atoms with Crippen LogP contribution in [0, 0.1) is 0 Å². The van der Waals surface area contributed by atoms with Crippen molar-refractivity contribution in [2.45, 2.75) is 0 Å². The molecule has 28 heavy (non-hydrogen) atoms. The molecule has 0 fully saturated rings. The van der Waals surface area contributed by atoms with Gasteiger partial charge in [0, 0.05) is 11.9 Å². The first-order valence-electron chi connectivity index (χ1n) is 8.92. The van der Waals surface area contributed by atoms with E-state index in [1.807, 2.05) is 60.7 Å². The number of rotatable bonds is 6. The number of halogens is 1. The number of para-hydroxylation sites is 1. The van der Waals surface area contributed by atoms with Crippen LogP contribution in [0.4, 0.5) is 5.69 Å². The molecule has 0 spiro atoms. The highest BCUT2D eigenvalue weighted by atomic mass is 35.5. The Morgan fingerprint density at radius 2 is 1.71 bits per heavy atom. The third-order valence-electron chi connectivity index (χ3n) is 4.34. The minimum Gasteiger partial charge on any atom is -0.491 e. The molecule has 0 aliphatic rings. The average molecular weight is 392 g/mol. The molecule has 6 heteroatoms. The maximum Gasteiger partial charge on any atom is 0.292 e. The summed E-state index contributed by atoms with van der Waals surface area (Å²) < 4.78 is 7.17. The van der Waals surface area contributed by atoms with Crippen LogP contribution in [0.1, 0.15) is 0 Å². The number of hydrogen-bond acceptors (Lipinski definition) is 4. The molecule has 4 aromatic rings. The van der Waals surface area contributed by atoms with Gasteiger partial charge in [-0.15, -0.1) is 0 Å². The fourth-order valence-electron chi connectivity index (χ4n) is 2.98. The van der Waals surface area contributed by atoms with Gasteiger partial charge in [0.1, 0.15) is 17.4 Å². The number of anilines is 1. The van der Waals surface area contributed by atoms with Crippen LogP contribution in [-0.2, 0) is 0 Å². The summed E-state index contributed by atoms with van der Waals surface area (Å²) in [4.78, 5) is 12.5. The second-order valence-electron chi connectivity index (χ2n) is 6.18. The van der Waals surface area contributed by atoms with Crippen molar-refractivity contribution in [1.82, 2.24) is 9.78 Å². The first-order chi connectivity index (χ1) is 13.7. The number of ether oxygens (including phenoxy) is 1. The van der Waals surface area contributed by atoms with Crippen molar-refractivity contribution in [1.29, 1.82) is 0 Å². The zero-order valence-electron chi connectivity index (χ0n) is 15.0. The molecule has 0 atom stereocenters. The van der Waals surface area contributed by atoms with Gasteiger partial charge in [0.2, 0.25) is 0 Å². The predicted octanol–water partition coefficient (Wildman–Crippen LogP) is 4.53. The van der Waals surface area contributed by atoms with E-state index in [4.69, 9.17) is 16.3 Å². The van der Waals surface area contributed by atoms with Crippen molar-refractivity contribution < 1.29 is 4.74 Å². The predicted molar refractivity (Wildman–Crippen MR) is 113 cm³/mol. The van der Waals surface area contributed by atoms with Gasteiger partial charge in [0.05, 0.1) is 17.6 Å². The minimum atomic E-state index is -0.368. The topological polar surface area (TPSA) is 56.1 Å². The molecule has 4 rings (SSSR count). The molecule has 0 radical (unpaired) electrons. The molecule has 1 N–H and O–H groups in total. The fraction of sp³-hybridized carbons (Fsp3) is 0.0909. The van der Waals surface area contributed by atoms with Crippen molar-refractivity contribution in [3.05, 3.63) is 94.4 Å². The third kappa shape index (κ3) is 3.70. The number of aromatic nitrogens is 2. The van der Waals surface area contributed by atoms with E-state index >= 15 is 0 Å². The number of benzene rings is 3. The first-order valence-corrected chi connectivity index (χ1v) is 9.29. The molecule has 3 aromatic carbocycles. The van der Waals surface area contributed by atoms with Gasteiger partial charge in [-0.3, -0.25) is 4.79 Å². The molecule has 0 bridgehead atoms. The van der Waals surface area contributed by atoms with Crippen molar-refractivity contribution in [3.8, 4) is 11.4 Å². The minimum absolute atomic E-state index is 0.101. The highest BCUT2D eigenvalue weighted by Gasteiger charge is 2.10. The summed E-state index contributed by atoms with van der Waals surface area (Å²) in [5.74, 6) is 0.823. The molecule has 0 amide bonds. The van der Waals surface area contributed by atoms with Gasteiger partial charge in [-0.25, -0.2) is 0 Å². The number of nitrogens with zero attached hydrogens (tertiary/aromatic N) is 2. The smallest absolute Gasteiger partial charge is 0.292 e. The van der Waals surface area contributed by atoms with E-state index in [2.05, 4.69) is 10.4 Å². The summed E-state index contributed by atoms with van der Waals surface area (Å²) >= 11 is 6.25. The Labute approximate surface area is 167 Å². The van der Waals surface area contributed by atoms with Gasteiger partial charge in [-0.05, 0) is 23.6 Å². The summed E-state index contributed by atoms with van der Waals surface area (Å²) in [6.07, 6.45) is 1.55. The maximum atomic E-state index is 12.5. The van der Waals surface area contributed by atoms with E-state index in [0.717, 1.165) is 16.5 Å². The van der Waals surface area contributed by atoms with Gasteiger partial charge in [-0.2, -0.15) is 9.78 Å². The summed E-state index contributed by atoms with van der Waals surface area (Å²) in [6, 6.07) is 23.2. The second-order valence-corrected chi connectivity index (χ2v) is 6.56. The number of nitrogens with one attached hydrogen (secondary N) is 1. The van der Waals surface area contributed by atoms with Crippen LogP contribution in [-0.4, -0.2) is 22.9 Å². The zero-order chi connectivity index (χ0) is 19.3. The fourth-order valence-corrected chi connectivity index (χ4v) is 3.17. The SMILES string of the molecule is O=c1c(Cl)c(NCCOc2cccc3ccccc23)cnn1-c1ccccc1. The maximum absolute atomic E-state index is 12.5. The lowest BCUT2D eigenvalue weighted by Crippen LogP contribution is -2.23. The Hall–Kier alpha value is -3.31. The highest BCUT2D eigenvalue weighted by molar-refractivity contribution is 6.32. The molecule has 0 saturated carbocycles. The molecule has 5 nitrogen and oxygen atoms in total. The molecule has 0 aliphatic heterocycles. The highest BCUT2D eigenvalue weighted by Crippen LogP contribution is 2.25. The first kappa shape index (κ1) is 18.1. The Bertz CT molecular complexity index is 1150. The van der Waals surface area contributed by atoms with Crippen LogP contribution < -0.4 is 15.6 Å². The van der Waals surface area contributed by atoms with Crippen molar-refractivity contribution in [2.24, 2.45) is 0 Å². The van der Waals surface area contributed by atoms with Crippen LogP contribution >= 0.6 is 11.6 Å². The van der Waals surface area contributed by atoms with E-state index in [1.165, 1.54) is 4.68 Å². The average Bonchev–Trinajstić information content (AvgIpc) is 2.75. The number of hydrogen-bond donors (Lipinski definition) is 1. The summed E-state index contributed by atoms with van der Waals surface area (Å²) in [5, 5.41) is 9.62. The van der Waals surface area contributed by atoms with Crippen molar-refractivity contribution in [3.63, 3.8) is 0 Å². The molecule has 1 heterocycles. The lowest BCUT2D eigenvalue weighted by Gasteiger charge is -2.12. The standard InChI is InChI=1S/C22H18ClN3O2/c23-21-19(15-25-26(22(21)27)17-9-2-1-3-10-17)24-13-14-28-20-12-6-8-16-7-4-5-11-18(16)20/h1-12,15,24H,13-14H2. The molecule has 140 valence electrons. The van der Waals surface area contributed by atoms with Crippen molar-refractivity contribution >= 4 is 28.1 Å². The van der Waals surface area contributed by atoms with Crippen LogP contribution in [0.15, 0.2) is 83.8 Å². The van der Waals surface area contributed by atoms with Crippen LogP contribution in [0.3, 0.4) is 0 Å². The Balaban J connectivity index is 1.43. The van der Waals surface area contributed by atoms with Gasteiger partial charge in [0.15, 0.2) is 0 Å². The molecule has 0 unspecified atom stereocenters. The molecular weight excluding hydrogens is 374 g/mol. The van der Waals surface area contributed by atoms with Gasteiger partial charge in [0.25, 0.3) is 5.56 Å². The number of fused-ring (bicyclic) bond motifs is 1. The van der Waals surface area contributed by atoms with E-state index in [9.17, 15) is 4.79 Å². The molecular formula is C22H18ClN3O2. The lowest BCUT2D eigenvalue weighted by atomic mass is 10.1. The monoisotopic (exact) mass is 391 g/mol. The molecule has 0 saturated heterocycles. The Morgan fingerprint density at radius 3 is 2.57 bits per heavy atom. The normalized spacial score (nSPS) is 10.8. The summed E-state index contributed by atoms with van der Waals surface area (Å²) in [7, 11) is 0. The second kappa shape index (κ2) is 8.15. The van der Waals surface area contributed by atoms with Crippen LogP contribution in [0.25, 0.3) is 16.5 Å². The van der Waals surface area contributed by atoms with Crippen LogP contribution in [0.2, 0.25) is 5.02 Å². The largest absolute Gasteiger partial charge is 0.491 e. The Kier molecular flexibility index (Phi) is 5.26. The van der Waals surface area contributed by atoms with E-state index in [-0.39, 0.29) is 10.6 Å². The quantitative estimate of drug-likeness (QED) is 0.490. The summed E-state index contributed by atoms with van der Waals surface area (Å²) in [6.45, 7) is 0.908.